The molecular weight excluding hydrogens is 322 g/mol. The second kappa shape index (κ2) is 5.93. The summed E-state index contributed by atoms with van der Waals surface area (Å²) in [4.78, 5) is 15.3. The number of benzene rings is 1. The highest BCUT2D eigenvalue weighted by atomic mass is 35.5. The Hall–Kier alpha value is -2.53. The number of aldehydes is 1. The molecule has 0 bridgehead atoms. The van der Waals surface area contributed by atoms with Crippen LogP contribution < -0.4 is 0 Å². The third-order valence-corrected chi connectivity index (χ3v) is 3.70. The van der Waals surface area contributed by atoms with Crippen LogP contribution in [-0.2, 0) is 0 Å². The number of aromatic nitrogens is 2. The first kappa shape index (κ1) is 15.4. The van der Waals surface area contributed by atoms with Gasteiger partial charge in [-0.1, -0.05) is 11.6 Å². The number of hydrogen-bond donors (Lipinski definition) is 0. The van der Waals surface area contributed by atoms with Crippen molar-refractivity contribution in [3.63, 3.8) is 0 Å². The van der Waals surface area contributed by atoms with Gasteiger partial charge >= 0.3 is 0 Å². The molecule has 0 aliphatic heterocycles. The summed E-state index contributed by atoms with van der Waals surface area (Å²) in [6.45, 7) is 1.89. The number of nitrogens with zero attached hydrogens (tertiary/aromatic N) is 2. The number of aryl methyl sites for hydroxylation is 1. The summed E-state index contributed by atoms with van der Waals surface area (Å²) in [5.41, 5.74) is 2.17. The lowest BCUT2D eigenvalue weighted by Crippen LogP contribution is -2.03. The van der Waals surface area contributed by atoms with Crippen LogP contribution in [0.2, 0.25) is 5.15 Å². The number of carbonyl (C=O) groups is 1. The average molecular weight is 333 g/mol. The average Bonchev–Trinajstić information content (AvgIpc) is 2.92. The SMILES string of the molecule is Cc1ccn(-c2c(C=O)cnc(Cl)c2-c2cc(F)cc(F)c2)c1. The summed E-state index contributed by atoms with van der Waals surface area (Å²) < 4.78 is 28.9. The van der Waals surface area contributed by atoms with Crippen molar-refractivity contribution in [3.05, 3.63) is 70.8 Å². The number of carbonyl (C=O) groups excluding carboxylic acids is 1. The topological polar surface area (TPSA) is 34.9 Å². The van der Waals surface area contributed by atoms with Gasteiger partial charge in [-0.15, -0.1) is 0 Å². The predicted octanol–water partition coefficient (Wildman–Crippen LogP) is 4.59. The zero-order valence-electron chi connectivity index (χ0n) is 12.1. The van der Waals surface area contributed by atoms with Crippen LogP contribution in [0.15, 0.2) is 42.9 Å². The van der Waals surface area contributed by atoms with Gasteiger partial charge in [0.2, 0.25) is 0 Å². The highest BCUT2D eigenvalue weighted by molar-refractivity contribution is 6.32. The third-order valence-electron chi connectivity index (χ3n) is 3.41. The zero-order chi connectivity index (χ0) is 16.6. The van der Waals surface area contributed by atoms with Crippen molar-refractivity contribution in [2.24, 2.45) is 0 Å². The van der Waals surface area contributed by atoms with E-state index in [0.29, 0.717) is 17.5 Å². The van der Waals surface area contributed by atoms with Gasteiger partial charge in [-0.25, -0.2) is 13.8 Å². The van der Waals surface area contributed by atoms with Crippen molar-refractivity contribution in [3.8, 4) is 16.8 Å². The smallest absolute Gasteiger partial charge is 0.153 e. The molecule has 0 saturated heterocycles. The first-order valence-corrected chi connectivity index (χ1v) is 7.12. The lowest BCUT2D eigenvalue weighted by atomic mass is 10.0. The van der Waals surface area contributed by atoms with Crippen LogP contribution in [0, 0.1) is 18.6 Å². The van der Waals surface area contributed by atoms with Crippen LogP contribution in [0.3, 0.4) is 0 Å². The summed E-state index contributed by atoms with van der Waals surface area (Å²) in [6.07, 6.45) is 5.50. The molecule has 0 fully saturated rings. The Labute approximate surface area is 136 Å². The van der Waals surface area contributed by atoms with Crippen molar-refractivity contribution < 1.29 is 13.6 Å². The van der Waals surface area contributed by atoms with E-state index in [2.05, 4.69) is 4.98 Å². The Bertz CT molecular complexity index is 885. The van der Waals surface area contributed by atoms with E-state index >= 15 is 0 Å². The number of hydrogen-bond acceptors (Lipinski definition) is 2. The van der Waals surface area contributed by atoms with E-state index in [0.717, 1.165) is 23.8 Å². The van der Waals surface area contributed by atoms with Gasteiger partial charge in [0.05, 0.1) is 11.3 Å². The highest BCUT2D eigenvalue weighted by Gasteiger charge is 2.18. The van der Waals surface area contributed by atoms with Gasteiger partial charge in [-0.3, -0.25) is 4.79 Å². The molecule has 116 valence electrons. The minimum atomic E-state index is -0.734. The van der Waals surface area contributed by atoms with Crippen molar-refractivity contribution in [1.29, 1.82) is 0 Å². The fraction of sp³-hybridized carbons (Fsp3) is 0.0588. The van der Waals surface area contributed by atoms with Gasteiger partial charge < -0.3 is 4.57 Å². The van der Waals surface area contributed by atoms with Gasteiger partial charge in [-0.2, -0.15) is 0 Å². The maximum absolute atomic E-state index is 13.6. The number of pyridine rings is 1. The lowest BCUT2D eigenvalue weighted by Gasteiger charge is -2.15. The quantitative estimate of drug-likeness (QED) is 0.519. The second-order valence-corrected chi connectivity index (χ2v) is 5.46. The first-order valence-electron chi connectivity index (χ1n) is 6.74. The molecule has 1 aromatic carbocycles. The Morgan fingerprint density at radius 3 is 2.48 bits per heavy atom. The van der Waals surface area contributed by atoms with E-state index in [1.807, 2.05) is 13.0 Å². The molecular formula is C17H11ClF2N2O. The molecule has 0 atom stereocenters. The molecule has 6 heteroatoms. The molecule has 23 heavy (non-hydrogen) atoms. The summed E-state index contributed by atoms with van der Waals surface area (Å²) in [6, 6.07) is 4.92. The number of halogens is 3. The van der Waals surface area contributed by atoms with Gasteiger partial charge in [0.1, 0.15) is 16.8 Å². The van der Waals surface area contributed by atoms with E-state index in [-0.39, 0.29) is 16.3 Å². The van der Waals surface area contributed by atoms with Crippen molar-refractivity contribution in [1.82, 2.24) is 9.55 Å². The van der Waals surface area contributed by atoms with Crippen LogP contribution >= 0.6 is 11.6 Å². The largest absolute Gasteiger partial charge is 0.322 e. The zero-order valence-corrected chi connectivity index (χ0v) is 12.8. The van der Waals surface area contributed by atoms with E-state index in [1.165, 1.54) is 6.20 Å². The molecule has 0 aliphatic rings. The lowest BCUT2D eigenvalue weighted by molar-refractivity contribution is 0.112. The Morgan fingerprint density at radius 1 is 1.22 bits per heavy atom. The highest BCUT2D eigenvalue weighted by Crippen LogP contribution is 2.35. The standard InChI is InChI=1S/C17H11ClF2N2O/c1-10-2-3-22(8-10)16-12(9-23)7-21-17(18)15(16)11-4-13(19)6-14(20)5-11/h2-9H,1H3. The molecule has 0 unspecified atom stereocenters. The first-order chi connectivity index (χ1) is 11.0. The van der Waals surface area contributed by atoms with Crippen LogP contribution in [-0.4, -0.2) is 15.8 Å². The minimum Gasteiger partial charge on any atom is -0.322 e. The second-order valence-electron chi connectivity index (χ2n) is 5.10. The maximum atomic E-state index is 13.6. The molecule has 0 amide bonds. The van der Waals surface area contributed by atoms with Crippen LogP contribution in [0.25, 0.3) is 16.8 Å². The van der Waals surface area contributed by atoms with E-state index in [1.54, 1.807) is 17.0 Å². The van der Waals surface area contributed by atoms with Crippen LogP contribution in [0.4, 0.5) is 8.78 Å². The van der Waals surface area contributed by atoms with Crippen molar-refractivity contribution in [2.45, 2.75) is 6.92 Å². The Morgan fingerprint density at radius 2 is 1.91 bits per heavy atom. The molecule has 0 N–H and O–H groups in total. The van der Waals surface area contributed by atoms with Gasteiger partial charge in [0, 0.05) is 30.2 Å². The number of rotatable bonds is 3. The third kappa shape index (κ3) is 2.87. The van der Waals surface area contributed by atoms with Gasteiger partial charge in [0.15, 0.2) is 6.29 Å². The molecule has 2 heterocycles. The van der Waals surface area contributed by atoms with E-state index in [4.69, 9.17) is 11.6 Å². The maximum Gasteiger partial charge on any atom is 0.153 e. The van der Waals surface area contributed by atoms with Crippen molar-refractivity contribution in [2.75, 3.05) is 0 Å². The molecule has 3 nitrogen and oxygen atoms in total. The Kier molecular flexibility index (Phi) is 3.96. The van der Waals surface area contributed by atoms with Gasteiger partial charge in [-0.05, 0) is 36.2 Å². The normalized spacial score (nSPS) is 10.8. The van der Waals surface area contributed by atoms with Crippen molar-refractivity contribution >= 4 is 17.9 Å². The monoisotopic (exact) mass is 332 g/mol. The minimum absolute atomic E-state index is 0.0574. The van der Waals surface area contributed by atoms with E-state index < -0.39 is 11.6 Å². The Balaban J connectivity index is 2.37. The molecule has 0 spiro atoms. The molecule has 3 rings (SSSR count). The molecule has 0 radical (unpaired) electrons. The summed E-state index contributed by atoms with van der Waals surface area (Å²) in [7, 11) is 0. The summed E-state index contributed by atoms with van der Waals surface area (Å²) in [5.74, 6) is -1.47. The summed E-state index contributed by atoms with van der Waals surface area (Å²) in [5, 5.41) is 0.0574. The fourth-order valence-corrected chi connectivity index (χ4v) is 2.70. The van der Waals surface area contributed by atoms with E-state index in [9.17, 15) is 13.6 Å². The molecule has 0 saturated carbocycles. The summed E-state index contributed by atoms with van der Waals surface area (Å²) >= 11 is 6.17. The molecule has 3 aromatic rings. The molecule has 2 aromatic heterocycles. The van der Waals surface area contributed by atoms with Gasteiger partial charge in [0.25, 0.3) is 0 Å². The van der Waals surface area contributed by atoms with Crippen LogP contribution in [0.5, 0.6) is 0 Å². The molecule has 0 aliphatic carbocycles. The van der Waals surface area contributed by atoms with Crippen LogP contribution in [0.1, 0.15) is 15.9 Å². The predicted molar refractivity (Wildman–Crippen MR) is 84.1 cm³/mol. The fourth-order valence-electron chi connectivity index (χ4n) is 2.45.